The fourth-order valence-corrected chi connectivity index (χ4v) is 1.46. The van der Waals surface area contributed by atoms with Gasteiger partial charge in [-0.05, 0) is 32.9 Å². The molecule has 0 aliphatic rings. The molecule has 0 fully saturated rings. The molecule has 0 unspecified atom stereocenters. The van der Waals surface area contributed by atoms with Gasteiger partial charge in [0.15, 0.2) is 0 Å². The van der Waals surface area contributed by atoms with Crippen LogP contribution in [0.2, 0.25) is 0 Å². The van der Waals surface area contributed by atoms with E-state index < -0.39 is 5.54 Å². The maximum absolute atomic E-state index is 12.2. The van der Waals surface area contributed by atoms with Crippen molar-refractivity contribution < 1.29 is 9.53 Å². The number of methoxy groups -OCH3 is 1. The summed E-state index contributed by atoms with van der Waals surface area (Å²) in [5.74, 6) is 0.269. The lowest BCUT2D eigenvalue weighted by atomic mass is 10.0. The first kappa shape index (κ1) is 14.4. The van der Waals surface area contributed by atoms with Crippen LogP contribution >= 0.6 is 12.2 Å². The molecule has 1 amide bonds. The fourth-order valence-electron chi connectivity index (χ4n) is 1.41. The molecule has 1 rings (SSSR count). The van der Waals surface area contributed by atoms with Crippen LogP contribution in [-0.2, 0) is 0 Å². The van der Waals surface area contributed by atoms with Gasteiger partial charge in [-0.15, -0.1) is 0 Å². The molecular weight excluding hydrogens is 248 g/mol. The molecule has 3 N–H and O–H groups in total. The fraction of sp³-hybridized carbons (Fsp3) is 0.385. The molecule has 18 heavy (non-hydrogen) atoms. The van der Waals surface area contributed by atoms with Gasteiger partial charge >= 0.3 is 0 Å². The summed E-state index contributed by atoms with van der Waals surface area (Å²) in [6.07, 6.45) is 0. The molecule has 4 nitrogen and oxygen atoms in total. The largest absolute Gasteiger partial charge is 0.496 e. The number of amides is 1. The van der Waals surface area contributed by atoms with Crippen molar-refractivity contribution in [3.8, 4) is 5.75 Å². The summed E-state index contributed by atoms with van der Waals surface area (Å²) in [5, 5.41) is 2.79. The average Bonchev–Trinajstić information content (AvgIpc) is 2.28. The van der Waals surface area contributed by atoms with Crippen LogP contribution < -0.4 is 15.8 Å². The molecule has 0 aromatic heterocycles. The van der Waals surface area contributed by atoms with E-state index in [1.54, 1.807) is 26.0 Å². The number of aryl methyl sites for hydroxylation is 1. The predicted octanol–water partition coefficient (Wildman–Crippen LogP) is 1.80. The van der Waals surface area contributed by atoms with E-state index in [1.807, 2.05) is 13.0 Å². The lowest BCUT2D eigenvalue weighted by molar-refractivity contribution is 0.0929. The second-order valence-electron chi connectivity index (χ2n) is 4.65. The third-order valence-electron chi connectivity index (χ3n) is 2.64. The zero-order valence-corrected chi connectivity index (χ0v) is 11.9. The number of thiocarbonyl (C=S) groups is 1. The van der Waals surface area contributed by atoms with E-state index >= 15 is 0 Å². The van der Waals surface area contributed by atoms with Crippen molar-refractivity contribution in [2.75, 3.05) is 7.11 Å². The third-order valence-corrected chi connectivity index (χ3v) is 3.15. The molecule has 0 spiro atoms. The highest BCUT2D eigenvalue weighted by molar-refractivity contribution is 7.80. The van der Waals surface area contributed by atoms with Gasteiger partial charge in [0.25, 0.3) is 5.91 Å². The summed E-state index contributed by atoms with van der Waals surface area (Å²) in [6.45, 7) is 5.43. The molecule has 1 aromatic rings. The Morgan fingerprint density at radius 2 is 2.06 bits per heavy atom. The topological polar surface area (TPSA) is 64.3 Å². The molecule has 1 aromatic carbocycles. The van der Waals surface area contributed by atoms with Crippen LogP contribution in [0, 0.1) is 6.92 Å². The summed E-state index contributed by atoms with van der Waals surface area (Å²) >= 11 is 4.92. The van der Waals surface area contributed by atoms with Crippen molar-refractivity contribution in [2.24, 2.45) is 5.73 Å². The van der Waals surface area contributed by atoms with Crippen LogP contribution in [-0.4, -0.2) is 23.5 Å². The number of ether oxygens (including phenoxy) is 1. The van der Waals surface area contributed by atoms with Crippen LogP contribution in [0.4, 0.5) is 0 Å². The van der Waals surface area contributed by atoms with Crippen molar-refractivity contribution in [3.63, 3.8) is 0 Å². The van der Waals surface area contributed by atoms with Crippen LogP contribution in [0.5, 0.6) is 5.75 Å². The number of hydrogen-bond donors (Lipinski definition) is 2. The van der Waals surface area contributed by atoms with Crippen LogP contribution in [0.25, 0.3) is 0 Å². The molecule has 98 valence electrons. The molecule has 0 atom stereocenters. The normalized spacial score (nSPS) is 10.9. The van der Waals surface area contributed by atoms with E-state index in [-0.39, 0.29) is 10.9 Å². The van der Waals surface area contributed by atoms with E-state index in [4.69, 9.17) is 22.7 Å². The van der Waals surface area contributed by atoms with Gasteiger partial charge in [0, 0.05) is 0 Å². The predicted molar refractivity (Wildman–Crippen MR) is 76.1 cm³/mol. The standard InChI is InChI=1S/C13H18N2O2S/c1-8-5-6-10(17-4)9(7-8)11(16)15-13(2,3)12(14)18/h5-7H,1-4H3,(H2,14,18)(H,15,16). The smallest absolute Gasteiger partial charge is 0.255 e. The van der Waals surface area contributed by atoms with Crippen molar-refractivity contribution in [3.05, 3.63) is 29.3 Å². The Morgan fingerprint density at radius 3 is 2.56 bits per heavy atom. The van der Waals surface area contributed by atoms with E-state index in [2.05, 4.69) is 5.32 Å². The first-order valence-electron chi connectivity index (χ1n) is 5.55. The SMILES string of the molecule is COc1ccc(C)cc1C(=O)NC(C)(C)C(N)=S. The minimum absolute atomic E-state index is 0.238. The Balaban J connectivity index is 3.04. The molecule has 5 heteroatoms. The first-order chi connectivity index (χ1) is 8.27. The second-order valence-corrected chi connectivity index (χ2v) is 5.09. The van der Waals surface area contributed by atoms with Gasteiger partial charge < -0.3 is 15.8 Å². The van der Waals surface area contributed by atoms with Gasteiger partial charge in [0.05, 0.1) is 23.2 Å². The molecule has 0 radical (unpaired) electrons. The number of carbonyl (C=O) groups excluding carboxylic acids is 1. The Kier molecular flexibility index (Phi) is 4.29. The lowest BCUT2D eigenvalue weighted by Gasteiger charge is -2.25. The van der Waals surface area contributed by atoms with E-state index in [0.29, 0.717) is 11.3 Å². The summed E-state index contributed by atoms with van der Waals surface area (Å²) < 4.78 is 5.17. The number of hydrogen-bond acceptors (Lipinski definition) is 3. The first-order valence-corrected chi connectivity index (χ1v) is 5.96. The van der Waals surface area contributed by atoms with E-state index in [1.165, 1.54) is 7.11 Å². The van der Waals surface area contributed by atoms with E-state index in [0.717, 1.165) is 5.56 Å². The Morgan fingerprint density at radius 1 is 1.44 bits per heavy atom. The average molecular weight is 266 g/mol. The molecule has 0 aliphatic carbocycles. The summed E-state index contributed by atoms with van der Waals surface area (Å²) in [7, 11) is 1.53. The lowest BCUT2D eigenvalue weighted by Crippen LogP contribution is -2.52. The maximum Gasteiger partial charge on any atom is 0.255 e. The molecule has 0 heterocycles. The molecule has 0 aliphatic heterocycles. The Bertz CT molecular complexity index is 484. The van der Waals surface area contributed by atoms with Crippen molar-refractivity contribution >= 4 is 23.1 Å². The van der Waals surface area contributed by atoms with Gasteiger partial charge in [0.1, 0.15) is 5.75 Å². The molecular formula is C13H18N2O2S. The number of benzene rings is 1. The highest BCUT2D eigenvalue weighted by atomic mass is 32.1. The molecule has 0 saturated heterocycles. The zero-order valence-electron chi connectivity index (χ0n) is 11.0. The van der Waals surface area contributed by atoms with Crippen molar-refractivity contribution in [1.82, 2.24) is 5.32 Å². The quantitative estimate of drug-likeness (QED) is 0.816. The summed E-state index contributed by atoms with van der Waals surface area (Å²) in [4.78, 5) is 12.4. The highest BCUT2D eigenvalue weighted by Crippen LogP contribution is 2.20. The molecule has 0 bridgehead atoms. The summed E-state index contributed by atoms with van der Waals surface area (Å²) in [5.41, 5.74) is 6.30. The van der Waals surface area contributed by atoms with Gasteiger partial charge in [-0.3, -0.25) is 4.79 Å². The van der Waals surface area contributed by atoms with Crippen LogP contribution in [0.3, 0.4) is 0 Å². The maximum atomic E-state index is 12.2. The van der Waals surface area contributed by atoms with Gasteiger partial charge in [-0.25, -0.2) is 0 Å². The second kappa shape index (κ2) is 5.35. The molecule has 0 saturated carbocycles. The Labute approximate surface area is 113 Å². The summed E-state index contributed by atoms with van der Waals surface area (Å²) in [6, 6.07) is 5.41. The van der Waals surface area contributed by atoms with E-state index in [9.17, 15) is 4.79 Å². The minimum atomic E-state index is -0.735. The van der Waals surface area contributed by atoms with Crippen LogP contribution in [0.15, 0.2) is 18.2 Å². The number of rotatable bonds is 4. The van der Waals surface area contributed by atoms with Gasteiger partial charge in [0.2, 0.25) is 0 Å². The Hall–Kier alpha value is -1.62. The number of nitrogens with one attached hydrogen (secondary N) is 1. The highest BCUT2D eigenvalue weighted by Gasteiger charge is 2.25. The van der Waals surface area contributed by atoms with Gasteiger partial charge in [-0.2, -0.15) is 0 Å². The third kappa shape index (κ3) is 3.20. The van der Waals surface area contributed by atoms with Crippen molar-refractivity contribution in [2.45, 2.75) is 26.3 Å². The number of carbonyl (C=O) groups is 1. The van der Waals surface area contributed by atoms with Gasteiger partial charge in [-0.1, -0.05) is 23.8 Å². The zero-order chi connectivity index (χ0) is 13.9. The van der Waals surface area contributed by atoms with Crippen molar-refractivity contribution in [1.29, 1.82) is 0 Å². The monoisotopic (exact) mass is 266 g/mol. The minimum Gasteiger partial charge on any atom is -0.496 e. The number of nitrogens with two attached hydrogens (primary N) is 1. The van der Waals surface area contributed by atoms with Crippen LogP contribution in [0.1, 0.15) is 29.8 Å².